The first-order valence-corrected chi connectivity index (χ1v) is 7.60. The fraction of sp³-hybridized carbons (Fsp3) is 0.222. The van der Waals surface area contributed by atoms with Crippen LogP contribution in [0.4, 0.5) is 0 Å². The Morgan fingerprint density at radius 2 is 1.87 bits per heavy atom. The Hall–Kier alpha value is -2.33. The maximum atomic E-state index is 11.6. The molecule has 0 spiro atoms. The molecule has 4 nitrogen and oxygen atoms in total. The van der Waals surface area contributed by atoms with E-state index in [9.17, 15) is 9.59 Å². The Bertz CT molecular complexity index is 639. The second kappa shape index (κ2) is 9.64. The van der Waals surface area contributed by atoms with E-state index in [-0.39, 0.29) is 12.2 Å². The molecule has 1 aromatic carbocycles. The minimum atomic E-state index is -1.30. The zero-order valence-electron chi connectivity index (χ0n) is 13.1. The third kappa shape index (κ3) is 6.53. The van der Waals surface area contributed by atoms with E-state index in [0.29, 0.717) is 17.0 Å². The van der Waals surface area contributed by atoms with Crippen molar-refractivity contribution in [2.45, 2.75) is 20.3 Å². The molecule has 0 aromatic heterocycles. The van der Waals surface area contributed by atoms with Gasteiger partial charge >= 0.3 is 11.9 Å². The van der Waals surface area contributed by atoms with E-state index in [1.54, 1.807) is 31.2 Å². The lowest BCUT2D eigenvalue weighted by atomic mass is 10.1. The number of ether oxygens (including phenoxy) is 1. The summed E-state index contributed by atoms with van der Waals surface area (Å²) in [6.45, 7) is 3.64. The van der Waals surface area contributed by atoms with Gasteiger partial charge < -0.3 is 9.84 Å². The van der Waals surface area contributed by atoms with Gasteiger partial charge in [-0.1, -0.05) is 48.9 Å². The van der Waals surface area contributed by atoms with Gasteiger partial charge in [0.15, 0.2) is 0 Å². The molecule has 0 amide bonds. The summed E-state index contributed by atoms with van der Waals surface area (Å²) in [6.07, 6.45) is 7.35. The van der Waals surface area contributed by atoms with Crippen LogP contribution in [0.1, 0.15) is 25.8 Å². The van der Waals surface area contributed by atoms with Gasteiger partial charge in [-0.05, 0) is 42.7 Å². The minimum Gasteiger partial charge on any atom is -0.477 e. The molecule has 1 aromatic rings. The zero-order valence-corrected chi connectivity index (χ0v) is 13.8. The highest BCUT2D eigenvalue weighted by Gasteiger charge is 2.18. The first-order chi connectivity index (χ1) is 11.0. The van der Waals surface area contributed by atoms with Crippen LogP contribution < -0.4 is 0 Å². The van der Waals surface area contributed by atoms with E-state index in [4.69, 9.17) is 21.4 Å². The second-order valence-corrected chi connectivity index (χ2v) is 5.03. The molecule has 0 atom stereocenters. The fourth-order valence-corrected chi connectivity index (χ4v) is 1.85. The third-order valence-corrected chi connectivity index (χ3v) is 3.18. The maximum absolute atomic E-state index is 11.6. The Kier molecular flexibility index (Phi) is 7.84. The summed E-state index contributed by atoms with van der Waals surface area (Å²) in [4.78, 5) is 22.8. The molecule has 0 radical (unpaired) electrons. The van der Waals surface area contributed by atoms with Gasteiger partial charge in [0, 0.05) is 5.02 Å². The molecule has 0 unspecified atom stereocenters. The third-order valence-electron chi connectivity index (χ3n) is 2.93. The number of hydrogen-bond donors (Lipinski definition) is 1. The highest BCUT2D eigenvalue weighted by Crippen LogP contribution is 2.13. The Labute approximate surface area is 140 Å². The maximum Gasteiger partial charge on any atom is 0.345 e. The van der Waals surface area contributed by atoms with Crippen molar-refractivity contribution in [3.8, 4) is 0 Å². The molecule has 1 N–H and O–H groups in total. The van der Waals surface area contributed by atoms with Crippen LogP contribution in [-0.4, -0.2) is 23.7 Å². The summed E-state index contributed by atoms with van der Waals surface area (Å²) >= 11 is 5.82. The van der Waals surface area contributed by atoms with Crippen molar-refractivity contribution in [1.82, 2.24) is 0 Å². The molecule has 1 rings (SSSR count). The van der Waals surface area contributed by atoms with Crippen molar-refractivity contribution in [2.24, 2.45) is 0 Å². The molecule has 0 aliphatic heterocycles. The van der Waals surface area contributed by atoms with Gasteiger partial charge in [0.2, 0.25) is 0 Å². The molecule has 0 heterocycles. The average Bonchev–Trinajstić information content (AvgIpc) is 2.52. The van der Waals surface area contributed by atoms with Crippen molar-refractivity contribution in [2.75, 3.05) is 6.61 Å². The number of halogens is 1. The first-order valence-electron chi connectivity index (χ1n) is 7.22. The predicted molar refractivity (Wildman–Crippen MR) is 91.2 cm³/mol. The van der Waals surface area contributed by atoms with Crippen molar-refractivity contribution in [1.29, 1.82) is 0 Å². The summed E-state index contributed by atoms with van der Waals surface area (Å²) in [6, 6.07) is 7.31. The lowest BCUT2D eigenvalue weighted by Gasteiger charge is -2.03. The van der Waals surface area contributed by atoms with Gasteiger partial charge in [-0.2, -0.15) is 0 Å². The van der Waals surface area contributed by atoms with E-state index in [2.05, 4.69) is 0 Å². The molecule has 0 bridgehead atoms. The number of carbonyl (C=O) groups is 2. The van der Waals surface area contributed by atoms with Crippen LogP contribution in [0, 0.1) is 0 Å². The highest BCUT2D eigenvalue weighted by molar-refractivity contribution is 6.30. The smallest absolute Gasteiger partial charge is 0.345 e. The molecular formula is C18H19ClO4. The normalized spacial score (nSPS) is 12.5. The molecule has 0 saturated carbocycles. The number of esters is 1. The van der Waals surface area contributed by atoms with Crippen LogP contribution in [0.15, 0.2) is 53.6 Å². The molecular weight excluding hydrogens is 316 g/mol. The predicted octanol–water partition coefficient (Wildman–Crippen LogP) is 4.26. The highest BCUT2D eigenvalue weighted by atomic mass is 35.5. The number of benzene rings is 1. The monoisotopic (exact) mass is 334 g/mol. The first kappa shape index (κ1) is 18.7. The number of carboxylic acids is 1. The van der Waals surface area contributed by atoms with Crippen LogP contribution >= 0.6 is 11.6 Å². The Morgan fingerprint density at radius 1 is 1.22 bits per heavy atom. The zero-order chi connectivity index (χ0) is 17.2. The molecule has 122 valence electrons. The number of rotatable bonds is 7. The van der Waals surface area contributed by atoms with Crippen LogP contribution in [0.3, 0.4) is 0 Å². The summed E-state index contributed by atoms with van der Waals surface area (Å²) in [5, 5.41) is 9.78. The molecule has 0 fully saturated rings. The standard InChI is InChI=1S/C18H19ClO4/c1-3-13(12-16(17(20)21)18(22)23-4-2)6-5-7-14-8-10-15(19)11-9-14/h5-12H,3-4H2,1-2H3,(H,20,21). The lowest BCUT2D eigenvalue weighted by Crippen LogP contribution is -2.15. The van der Waals surface area contributed by atoms with Gasteiger partial charge in [-0.25, -0.2) is 9.59 Å². The topological polar surface area (TPSA) is 63.6 Å². The second-order valence-electron chi connectivity index (χ2n) is 4.59. The number of carboxylic acid groups (broad SMARTS) is 1. The summed E-state index contributed by atoms with van der Waals surface area (Å²) in [7, 11) is 0. The average molecular weight is 335 g/mol. The number of hydrogen-bond acceptors (Lipinski definition) is 3. The van der Waals surface area contributed by atoms with E-state index in [1.807, 2.05) is 25.1 Å². The van der Waals surface area contributed by atoms with Gasteiger partial charge in [0.25, 0.3) is 0 Å². The number of allylic oxidation sites excluding steroid dienone is 4. The fourth-order valence-electron chi connectivity index (χ4n) is 1.73. The van der Waals surface area contributed by atoms with E-state index >= 15 is 0 Å². The van der Waals surface area contributed by atoms with Gasteiger partial charge in [-0.15, -0.1) is 0 Å². The molecule has 5 heteroatoms. The van der Waals surface area contributed by atoms with Crippen molar-refractivity contribution in [3.63, 3.8) is 0 Å². The lowest BCUT2D eigenvalue weighted by molar-refractivity contribution is -0.143. The SMILES string of the molecule is CCOC(=O)C(=CC(=CC=Cc1ccc(Cl)cc1)CC)C(=O)O. The van der Waals surface area contributed by atoms with Crippen molar-refractivity contribution < 1.29 is 19.4 Å². The quantitative estimate of drug-likeness (QED) is 0.266. The van der Waals surface area contributed by atoms with Crippen LogP contribution in [0.2, 0.25) is 5.02 Å². The summed E-state index contributed by atoms with van der Waals surface area (Å²) in [5.74, 6) is -2.13. The van der Waals surface area contributed by atoms with E-state index < -0.39 is 11.9 Å². The Morgan fingerprint density at radius 3 is 2.39 bits per heavy atom. The van der Waals surface area contributed by atoms with Crippen LogP contribution in [-0.2, 0) is 14.3 Å². The van der Waals surface area contributed by atoms with Gasteiger partial charge in [0.05, 0.1) is 6.61 Å². The molecule has 0 aliphatic rings. The van der Waals surface area contributed by atoms with E-state index in [0.717, 1.165) is 5.56 Å². The van der Waals surface area contributed by atoms with Crippen molar-refractivity contribution in [3.05, 3.63) is 64.2 Å². The van der Waals surface area contributed by atoms with Crippen molar-refractivity contribution >= 4 is 29.6 Å². The summed E-state index contributed by atoms with van der Waals surface area (Å²) in [5.41, 5.74) is 1.30. The van der Waals surface area contributed by atoms with Crippen LogP contribution in [0.25, 0.3) is 6.08 Å². The molecule has 23 heavy (non-hydrogen) atoms. The van der Waals surface area contributed by atoms with Crippen LogP contribution in [0.5, 0.6) is 0 Å². The Balaban J connectivity index is 2.96. The molecule has 0 saturated heterocycles. The number of aliphatic carboxylic acids is 1. The minimum absolute atomic E-state index is 0.130. The van der Waals surface area contributed by atoms with Gasteiger partial charge in [0.1, 0.15) is 5.57 Å². The van der Waals surface area contributed by atoms with Gasteiger partial charge in [-0.3, -0.25) is 0 Å². The number of carbonyl (C=O) groups excluding carboxylic acids is 1. The summed E-state index contributed by atoms with van der Waals surface area (Å²) < 4.78 is 4.75. The van der Waals surface area contributed by atoms with E-state index in [1.165, 1.54) is 6.08 Å². The largest absolute Gasteiger partial charge is 0.477 e. The molecule has 0 aliphatic carbocycles.